The van der Waals surface area contributed by atoms with Gasteiger partial charge in [-0.2, -0.15) is 0 Å². The minimum atomic E-state index is -0.145. The van der Waals surface area contributed by atoms with Crippen molar-refractivity contribution in [1.29, 1.82) is 0 Å². The first-order valence-corrected chi connectivity index (χ1v) is 9.76. The lowest BCUT2D eigenvalue weighted by atomic mass is 10.3. The van der Waals surface area contributed by atoms with E-state index in [0.29, 0.717) is 27.4 Å². The molecule has 0 atom stereocenters. The topological polar surface area (TPSA) is 77.6 Å². The molecular formula is C19H15ClN6OS. The monoisotopic (exact) mass is 410 g/mol. The summed E-state index contributed by atoms with van der Waals surface area (Å²) in [6.45, 7) is 0. The van der Waals surface area contributed by atoms with E-state index in [9.17, 15) is 4.79 Å². The van der Waals surface area contributed by atoms with E-state index in [1.165, 1.54) is 11.8 Å². The van der Waals surface area contributed by atoms with Crippen LogP contribution in [0.4, 0.5) is 5.69 Å². The van der Waals surface area contributed by atoms with Gasteiger partial charge < -0.3 is 5.32 Å². The predicted octanol–water partition coefficient (Wildman–Crippen LogP) is 3.84. The van der Waals surface area contributed by atoms with E-state index in [4.69, 9.17) is 11.6 Å². The molecule has 0 radical (unpaired) electrons. The molecule has 0 aliphatic heterocycles. The highest BCUT2D eigenvalue weighted by Gasteiger charge is 2.17. The van der Waals surface area contributed by atoms with E-state index < -0.39 is 0 Å². The number of nitrogens with zero attached hydrogens (tertiary/aromatic N) is 5. The van der Waals surface area contributed by atoms with Crippen LogP contribution in [0.3, 0.4) is 0 Å². The minimum Gasteiger partial charge on any atom is -0.325 e. The highest BCUT2D eigenvalue weighted by molar-refractivity contribution is 7.99. The van der Waals surface area contributed by atoms with Crippen LogP contribution in [0.15, 0.2) is 78.3 Å². The number of benzene rings is 1. The van der Waals surface area contributed by atoms with Crippen LogP contribution >= 0.6 is 23.4 Å². The normalized spacial score (nSPS) is 10.8. The van der Waals surface area contributed by atoms with Crippen LogP contribution in [0.5, 0.6) is 0 Å². The highest BCUT2D eigenvalue weighted by atomic mass is 35.5. The van der Waals surface area contributed by atoms with Crippen molar-refractivity contribution in [2.75, 3.05) is 11.1 Å². The number of hydrogen-bond donors (Lipinski definition) is 1. The number of anilines is 1. The SMILES string of the molecule is O=C(CSc1nnc(-c2ccccn2)n1-n1cccc1)Nc1ccc(Cl)cc1. The second-order valence-electron chi connectivity index (χ2n) is 5.74. The zero-order chi connectivity index (χ0) is 19.3. The molecule has 0 saturated heterocycles. The summed E-state index contributed by atoms with van der Waals surface area (Å²) in [5, 5.41) is 12.6. The molecule has 3 aromatic heterocycles. The minimum absolute atomic E-state index is 0.145. The smallest absolute Gasteiger partial charge is 0.234 e. The van der Waals surface area contributed by atoms with E-state index in [1.54, 1.807) is 30.5 Å². The summed E-state index contributed by atoms with van der Waals surface area (Å²) in [6, 6.07) is 16.4. The van der Waals surface area contributed by atoms with Crippen molar-refractivity contribution in [2.24, 2.45) is 0 Å². The summed E-state index contributed by atoms with van der Waals surface area (Å²) in [6.07, 6.45) is 5.47. The number of aromatic nitrogens is 5. The molecule has 1 amide bonds. The van der Waals surface area contributed by atoms with Gasteiger partial charge in [-0.05, 0) is 48.5 Å². The number of halogens is 1. The first kappa shape index (κ1) is 18.3. The van der Waals surface area contributed by atoms with E-state index in [1.807, 2.05) is 52.1 Å². The molecular weight excluding hydrogens is 396 g/mol. The summed E-state index contributed by atoms with van der Waals surface area (Å²) in [5.74, 6) is 0.635. The highest BCUT2D eigenvalue weighted by Crippen LogP contribution is 2.23. The summed E-state index contributed by atoms with van der Waals surface area (Å²) in [4.78, 5) is 16.7. The van der Waals surface area contributed by atoms with Crippen molar-refractivity contribution >= 4 is 35.0 Å². The number of nitrogens with one attached hydrogen (secondary N) is 1. The quantitative estimate of drug-likeness (QED) is 0.489. The lowest BCUT2D eigenvalue weighted by Gasteiger charge is -2.11. The van der Waals surface area contributed by atoms with Crippen LogP contribution < -0.4 is 5.32 Å². The van der Waals surface area contributed by atoms with Crippen LogP contribution in [0, 0.1) is 0 Å². The Kier molecular flexibility index (Phi) is 5.41. The number of pyridine rings is 1. The summed E-state index contributed by atoms with van der Waals surface area (Å²) in [7, 11) is 0. The average molecular weight is 411 g/mol. The summed E-state index contributed by atoms with van der Waals surface area (Å²) >= 11 is 7.16. The van der Waals surface area contributed by atoms with E-state index in [0.717, 1.165) is 0 Å². The number of amides is 1. The maximum atomic E-state index is 12.3. The van der Waals surface area contributed by atoms with Crippen molar-refractivity contribution < 1.29 is 4.79 Å². The van der Waals surface area contributed by atoms with Crippen LogP contribution in [0.2, 0.25) is 5.02 Å². The molecule has 4 aromatic rings. The Bertz CT molecular complexity index is 1060. The zero-order valence-corrected chi connectivity index (χ0v) is 16.1. The van der Waals surface area contributed by atoms with Gasteiger partial charge >= 0.3 is 0 Å². The molecule has 0 aliphatic carbocycles. The molecule has 3 heterocycles. The fourth-order valence-electron chi connectivity index (χ4n) is 2.54. The van der Waals surface area contributed by atoms with E-state index in [-0.39, 0.29) is 11.7 Å². The summed E-state index contributed by atoms with van der Waals surface area (Å²) in [5.41, 5.74) is 1.39. The largest absolute Gasteiger partial charge is 0.325 e. The van der Waals surface area contributed by atoms with Gasteiger partial charge in [-0.15, -0.1) is 10.2 Å². The number of hydrogen-bond acceptors (Lipinski definition) is 5. The van der Waals surface area contributed by atoms with Gasteiger partial charge in [0.15, 0.2) is 0 Å². The Labute approximate surface area is 170 Å². The first-order chi connectivity index (χ1) is 13.7. The predicted molar refractivity (Wildman–Crippen MR) is 109 cm³/mol. The molecule has 9 heteroatoms. The maximum Gasteiger partial charge on any atom is 0.234 e. The Morgan fingerprint density at radius 3 is 2.54 bits per heavy atom. The van der Waals surface area contributed by atoms with Gasteiger partial charge in [-0.25, -0.2) is 4.68 Å². The van der Waals surface area contributed by atoms with Crippen molar-refractivity contribution in [3.8, 4) is 11.5 Å². The van der Waals surface area contributed by atoms with Crippen molar-refractivity contribution in [3.63, 3.8) is 0 Å². The van der Waals surface area contributed by atoms with Crippen LogP contribution in [-0.2, 0) is 4.79 Å². The molecule has 0 aliphatic rings. The maximum absolute atomic E-state index is 12.3. The third-order valence-corrected chi connectivity index (χ3v) is 4.96. The third kappa shape index (κ3) is 4.08. The van der Waals surface area contributed by atoms with Gasteiger partial charge in [0.1, 0.15) is 5.69 Å². The van der Waals surface area contributed by atoms with Crippen LogP contribution in [0.1, 0.15) is 0 Å². The number of rotatable bonds is 6. The van der Waals surface area contributed by atoms with Gasteiger partial charge in [0, 0.05) is 29.3 Å². The number of thioether (sulfide) groups is 1. The Balaban J connectivity index is 1.54. The zero-order valence-electron chi connectivity index (χ0n) is 14.6. The Hall–Kier alpha value is -3.10. The molecule has 1 N–H and O–H groups in total. The van der Waals surface area contributed by atoms with Gasteiger partial charge in [0.05, 0.1) is 5.75 Å². The van der Waals surface area contributed by atoms with Gasteiger partial charge in [0.2, 0.25) is 16.9 Å². The molecule has 0 spiro atoms. The number of carbonyl (C=O) groups excluding carboxylic acids is 1. The molecule has 7 nitrogen and oxygen atoms in total. The van der Waals surface area contributed by atoms with Crippen molar-refractivity contribution in [1.82, 2.24) is 24.5 Å². The van der Waals surface area contributed by atoms with Gasteiger partial charge in [-0.1, -0.05) is 29.4 Å². The second kappa shape index (κ2) is 8.28. The summed E-state index contributed by atoms with van der Waals surface area (Å²) < 4.78 is 3.67. The molecule has 0 fully saturated rings. The van der Waals surface area contributed by atoms with E-state index >= 15 is 0 Å². The molecule has 0 saturated carbocycles. The van der Waals surface area contributed by atoms with Crippen LogP contribution in [0.25, 0.3) is 11.5 Å². The van der Waals surface area contributed by atoms with E-state index in [2.05, 4.69) is 20.5 Å². The fraction of sp³-hybridized carbons (Fsp3) is 0.0526. The third-order valence-electron chi connectivity index (χ3n) is 3.79. The molecule has 140 valence electrons. The number of carbonyl (C=O) groups is 1. The van der Waals surface area contributed by atoms with Gasteiger partial charge in [-0.3, -0.25) is 14.5 Å². The van der Waals surface area contributed by atoms with Crippen molar-refractivity contribution in [2.45, 2.75) is 5.16 Å². The lowest BCUT2D eigenvalue weighted by Crippen LogP contribution is -2.15. The molecule has 0 bridgehead atoms. The van der Waals surface area contributed by atoms with Crippen molar-refractivity contribution in [3.05, 3.63) is 78.2 Å². The Morgan fingerprint density at radius 2 is 1.82 bits per heavy atom. The first-order valence-electron chi connectivity index (χ1n) is 8.39. The second-order valence-corrected chi connectivity index (χ2v) is 7.12. The van der Waals surface area contributed by atoms with Gasteiger partial charge in [0.25, 0.3) is 0 Å². The standard InChI is InChI=1S/C19H15ClN6OS/c20-14-6-8-15(9-7-14)22-17(27)13-28-19-24-23-18(16-5-1-2-10-21-16)26(19)25-11-3-4-12-25/h1-12H,13H2,(H,22,27). The molecule has 1 aromatic carbocycles. The Morgan fingerprint density at radius 1 is 1.04 bits per heavy atom. The molecule has 28 heavy (non-hydrogen) atoms. The fourth-order valence-corrected chi connectivity index (χ4v) is 3.40. The molecule has 4 rings (SSSR count). The average Bonchev–Trinajstić information content (AvgIpc) is 3.38. The lowest BCUT2D eigenvalue weighted by molar-refractivity contribution is -0.113. The molecule has 0 unspecified atom stereocenters. The van der Waals surface area contributed by atoms with Crippen LogP contribution in [-0.4, -0.2) is 36.2 Å².